The van der Waals surface area contributed by atoms with Crippen LogP contribution in [0.5, 0.6) is 0 Å². The Morgan fingerprint density at radius 3 is 2.73 bits per heavy atom. The monoisotopic (exact) mass is 358 g/mol. The molecule has 1 aromatic rings. The van der Waals surface area contributed by atoms with Crippen LogP contribution in [0.2, 0.25) is 0 Å². The lowest BCUT2D eigenvalue weighted by atomic mass is 9.88. The van der Waals surface area contributed by atoms with E-state index in [1.807, 2.05) is 0 Å². The zero-order chi connectivity index (χ0) is 18.7. The molecule has 3 rings (SSSR count). The Hall–Kier alpha value is -2.80. The number of carbonyl (C=O) groups is 1. The second-order valence-electron chi connectivity index (χ2n) is 6.31. The van der Waals surface area contributed by atoms with E-state index in [2.05, 4.69) is 10.6 Å². The van der Waals surface area contributed by atoms with E-state index < -0.39 is 17.7 Å². The first-order valence-electron chi connectivity index (χ1n) is 8.31. The second-order valence-corrected chi connectivity index (χ2v) is 6.31. The summed E-state index contributed by atoms with van der Waals surface area (Å²) in [6.07, 6.45) is 6.25. The summed E-state index contributed by atoms with van der Waals surface area (Å²) in [6.45, 7) is 0.589. The fourth-order valence-corrected chi connectivity index (χ4v) is 3.06. The van der Waals surface area contributed by atoms with Gasteiger partial charge in [0.05, 0.1) is 17.2 Å². The maximum Gasteiger partial charge on any atom is 0.257 e. The molecule has 1 aromatic carbocycles. The number of rotatable bonds is 4. The lowest BCUT2D eigenvalue weighted by Gasteiger charge is -2.32. The van der Waals surface area contributed by atoms with Gasteiger partial charge in [-0.2, -0.15) is 0 Å². The van der Waals surface area contributed by atoms with Gasteiger partial charge in [0, 0.05) is 37.0 Å². The first kappa shape index (κ1) is 18.0. The molecule has 136 valence electrons. The van der Waals surface area contributed by atoms with Gasteiger partial charge in [-0.3, -0.25) is 10.2 Å². The van der Waals surface area contributed by atoms with E-state index in [9.17, 15) is 13.6 Å². The molecule has 0 spiro atoms. The molecule has 26 heavy (non-hydrogen) atoms. The molecular weight excluding hydrogens is 338 g/mol. The van der Waals surface area contributed by atoms with Gasteiger partial charge in [0.2, 0.25) is 0 Å². The molecule has 0 saturated carbocycles. The highest BCUT2D eigenvalue weighted by Crippen LogP contribution is 2.38. The van der Waals surface area contributed by atoms with Crippen molar-refractivity contribution in [2.45, 2.75) is 18.3 Å². The molecular formula is C19H20F2N4O. The molecule has 1 aliphatic carbocycles. The molecule has 0 bridgehead atoms. The minimum atomic E-state index is -2.71. The molecule has 0 aromatic heterocycles. The van der Waals surface area contributed by atoms with Crippen molar-refractivity contribution >= 4 is 17.3 Å². The molecule has 5 nitrogen and oxygen atoms in total. The van der Waals surface area contributed by atoms with Gasteiger partial charge in [-0.05, 0) is 23.8 Å². The van der Waals surface area contributed by atoms with Gasteiger partial charge >= 0.3 is 0 Å². The number of nitrogens with two attached hydrogens (primary N) is 1. The van der Waals surface area contributed by atoms with Crippen LogP contribution in [0.25, 0.3) is 0 Å². The quantitative estimate of drug-likeness (QED) is 0.667. The fraction of sp³-hybridized carbons (Fsp3) is 0.263. The zero-order valence-electron chi connectivity index (χ0n) is 14.1. The van der Waals surface area contributed by atoms with Gasteiger partial charge in [-0.25, -0.2) is 8.78 Å². The summed E-state index contributed by atoms with van der Waals surface area (Å²) >= 11 is 0. The normalized spacial score (nSPS) is 23.6. The number of alkyl halides is 2. The summed E-state index contributed by atoms with van der Waals surface area (Å²) in [6, 6.07) is 6.81. The lowest BCUT2D eigenvalue weighted by Crippen LogP contribution is -2.42. The minimum absolute atomic E-state index is 0.0389. The highest BCUT2D eigenvalue weighted by atomic mass is 19.3. The van der Waals surface area contributed by atoms with Gasteiger partial charge in [-0.15, -0.1) is 0 Å². The van der Waals surface area contributed by atoms with Crippen LogP contribution in [0.1, 0.15) is 17.9 Å². The number of amides is 1. The summed E-state index contributed by atoms with van der Waals surface area (Å²) in [7, 11) is 0. The Kier molecular flexibility index (Phi) is 4.99. The van der Waals surface area contributed by atoms with Crippen molar-refractivity contribution in [2.24, 2.45) is 5.73 Å². The SMILES string of the molecule is N=C1C(C(N)=O)=CC=C/C1=C/Nc1ccc(C2CNCCC2(F)F)cc1. The molecule has 1 aliphatic heterocycles. The molecule has 1 amide bonds. The fourth-order valence-electron chi connectivity index (χ4n) is 3.06. The molecule has 2 aliphatic rings. The molecule has 1 unspecified atom stereocenters. The maximum atomic E-state index is 14.1. The van der Waals surface area contributed by atoms with Gasteiger partial charge in [0.1, 0.15) is 0 Å². The Bertz CT molecular complexity index is 809. The maximum absolute atomic E-state index is 14.1. The summed E-state index contributed by atoms with van der Waals surface area (Å²) in [5.74, 6) is -4.19. The summed E-state index contributed by atoms with van der Waals surface area (Å²) < 4.78 is 28.1. The van der Waals surface area contributed by atoms with Gasteiger partial charge in [0.25, 0.3) is 11.8 Å². The zero-order valence-corrected chi connectivity index (χ0v) is 14.1. The highest BCUT2D eigenvalue weighted by molar-refractivity contribution is 6.28. The van der Waals surface area contributed by atoms with Crippen molar-refractivity contribution < 1.29 is 13.6 Å². The second kappa shape index (κ2) is 7.21. The van der Waals surface area contributed by atoms with E-state index in [0.717, 1.165) is 0 Å². The number of benzene rings is 1. The van der Waals surface area contributed by atoms with E-state index >= 15 is 0 Å². The van der Waals surface area contributed by atoms with Crippen molar-refractivity contribution in [1.82, 2.24) is 5.32 Å². The lowest BCUT2D eigenvalue weighted by molar-refractivity contribution is -0.114. The van der Waals surface area contributed by atoms with Gasteiger partial charge in [0.15, 0.2) is 0 Å². The molecule has 1 fully saturated rings. The van der Waals surface area contributed by atoms with E-state index in [4.69, 9.17) is 11.1 Å². The van der Waals surface area contributed by atoms with E-state index in [0.29, 0.717) is 23.4 Å². The molecule has 7 heteroatoms. The third-order valence-electron chi connectivity index (χ3n) is 4.56. The van der Waals surface area contributed by atoms with Crippen LogP contribution in [-0.2, 0) is 4.79 Å². The number of allylic oxidation sites excluding steroid dienone is 4. The van der Waals surface area contributed by atoms with Crippen molar-refractivity contribution in [3.8, 4) is 0 Å². The van der Waals surface area contributed by atoms with E-state index in [1.165, 1.54) is 6.08 Å². The van der Waals surface area contributed by atoms with Crippen molar-refractivity contribution in [3.63, 3.8) is 0 Å². The van der Waals surface area contributed by atoms with Crippen LogP contribution in [0.4, 0.5) is 14.5 Å². The number of hydrogen-bond donors (Lipinski definition) is 4. The number of piperidine rings is 1. The number of carbonyl (C=O) groups excluding carboxylic acids is 1. The Labute approximate surface area is 150 Å². The Balaban J connectivity index is 1.70. The van der Waals surface area contributed by atoms with Crippen molar-refractivity contribution in [3.05, 3.63) is 65.4 Å². The summed E-state index contributed by atoms with van der Waals surface area (Å²) in [4.78, 5) is 11.3. The number of anilines is 1. The van der Waals surface area contributed by atoms with Crippen LogP contribution >= 0.6 is 0 Å². The Morgan fingerprint density at radius 1 is 1.35 bits per heavy atom. The number of hydrogen-bond acceptors (Lipinski definition) is 4. The molecule has 1 saturated heterocycles. The summed E-state index contributed by atoms with van der Waals surface area (Å²) in [5, 5.41) is 14.0. The average molecular weight is 358 g/mol. The number of halogens is 2. The smallest absolute Gasteiger partial charge is 0.257 e. The van der Waals surface area contributed by atoms with Crippen LogP contribution < -0.4 is 16.4 Å². The third kappa shape index (κ3) is 3.72. The topological polar surface area (TPSA) is 91.0 Å². The van der Waals surface area contributed by atoms with Crippen LogP contribution in [0, 0.1) is 5.41 Å². The van der Waals surface area contributed by atoms with Crippen molar-refractivity contribution in [2.75, 3.05) is 18.4 Å². The molecule has 5 N–H and O–H groups in total. The van der Waals surface area contributed by atoms with Crippen LogP contribution in [-0.4, -0.2) is 30.6 Å². The predicted molar refractivity (Wildman–Crippen MR) is 97.5 cm³/mol. The number of primary amides is 1. The highest BCUT2D eigenvalue weighted by Gasteiger charge is 2.42. The van der Waals surface area contributed by atoms with E-state index in [-0.39, 0.29) is 24.3 Å². The standard InChI is InChI=1S/C19H20F2N4O/c20-19(21)8-9-24-11-16(19)12-4-6-14(7-5-12)25-10-13-2-1-3-15(17(13)22)18(23)26/h1-7,10,16,22,24-25H,8-9,11H2,(H2,23,26)/b13-10-,22-17?. The first-order valence-corrected chi connectivity index (χ1v) is 8.31. The third-order valence-corrected chi connectivity index (χ3v) is 4.56. The minimum Gasteiger partial charge on any atom is -0.366 e. The van der Waals surface area contributed by atoms with Crippen LogP contribution in [0.3, 0.4) is 0 Å². The Morgan fingerprint density at radius 2 is 2.08 bits per heavy atom. The molecule has 0 radical (unpaired) electrons. The van der Waals surface area contributed by atoms with Gasteiger partial charge in [-0.1, -0.05) is 24.3 Å². The number of nitrogens with one attached hydrogen (secondary N) is 3. The van der Waals surface area contributed by atoms with Crippen molar-refractivity contribution in [1.29, 1.82) is 5.41 Å². The van der Waals surface area contributed by atoms with Gasteiger partial charge < -0.3 is 16.4 Å². The predicted octanol–water partition coefficient (Wildman–Crippen LogP) is 2.70. The molecule has 1 atom stereocenters. The van der Waals surface area contributed by atoms with E-state index in [1.54, 1.807) is 42.6 Å². The van der Waals surface area contributed by atoms with Crippen LogP contribution in [0.15, 0.2) is 59.8 Å². The average Bonchev–Trinajstić information content (AvgIpc) is 2.61. The largest absolute Gasteiger partial charge is 0.366 e. The summed E-state index contributed by atoms with van der Waals surface area (Å²) in [5.41, 5.74) is 7.22. The first-order chi connectivity index (χ1) is 12.4. The molecule has 1 heterocycles.